The molecule has 4 heteroatoms. The zero-order valence-electron chi connectivity index (χ0n) is 19.2. The summed E-state index contributed by atoms with van der Waals surface area (Å²) in [6.07, 6.45) is 0.524. The van der Waals surface area contributed by atoms with Crippen LogP contribution in [0.3, 0.4) is 0 Å². The van der Waals surface area contributed by atoms with E-state index in [2.05, 4.69) is 107 Å². The number of carbonyl (C=O) groups is 1. The van der Waals surface area contributed by atoms with Gasteiger partial charge >= 0.3 is 0 Å². The first-order chi connectivity index (χ1) is 15.6. The van der Waals surface area contributed by atoms with Gasteiger partial charge in [-0.1, -0.05) is 107 Å². The summed E-state index contributed by atoms with van der Waals surface area (Å²) in [5, 5.41) is 0. The van der Waals surface area contributed by atoms with Crippen LogP contribution in [-0.4, -0.2) is 54.3 Å². The zero-order chi connectivity index (χ0) is 22.8. The molecule has 3 nitrogen and oxygen atoms in total. The van der Waals surface area contributed by atoms with Gasteiger partial charge in [-0.3, -0.25) is 4.79 Å². The van der Waals surface area contributed by atoms with E-state index in [0.717, 1.165) is 37.2 Å². The molecule has 1 amide bonds. The Labute approximate surface area is 201 Å². The number of likely N-dealkylation sites (N-methyl/N-ethyl adjacent to an activating group) is 1. The highest BCUT2D eigenvalue weighted by molar-refractivity contribution is 9.08. The Morgan fingerprint density at radius 3 is 1.72 bits per heavy atom. The normalized spacial score (nSPS) is 15.1. The molecule has 0 aliphatic carbocycles. The first-order valence-corrected chi connectivity index (χ1v) is 12.8. The Kier molecular flexibility index (Phi) is 9.07. The van der Waals surface area contributed by atoms with Crippen molar-refractivity contribution in [3.05, 3.63) is 108 Å². The molecule has 3 aromatic carbocycles. The molecule has 0 aromatic heterocycles. The third-order valence-corrected chi connectivity index (χ3v) is 6.36. The number of halogens is 1. The molecule has 4 rings (SSSR count). The molecule has 32 heavy (non-hydrogen) atoms. The summed E-state index contributed by atoms with van der Waals surface area (Å²) in [5.41, 5.74) is 3.78. The van der Waals surface area contributed by atoms with Gasteiger partial charge in [0, 0.05) is 17.9 Å². The quantitative estimate of drug-likeness (QED) is 0.318. The summed E-state index contributed by atoms with van der Waals surface area (Å²) in [6.45, 7) is 4.69. The summed E-state index contributed by atoms with van der Waals surface area (Å²) in [4.78, 5) is 15.3. The summed E-state index contributed by atoms with van der Waals surface area (Å²) >= 11 is 2.94. The minimum absolute atomic E-state index is 0.104. The highest BCUT2D eigenvalue weighted by Crippen LogP contribution is 2.29. The number of hydrogen-bond acceptors (Lipinski definition) is 1. The van der Waals surface area contributed by atoms with Gasteiger partial charge < -0.3 is 9.38 Å². The highest BCUT2D eigenvalue weighted by Gasteiger charge is 2.32. The molecular weight excluding hydrogens is 460 g/mol. The molecule has 1 saturated heterocycles. The summed E-state index contributed by atoms with van der Waals surface area (Å²) in [5.74, 6) is 2.18. The monoisotopic (exact) mass is 493 g/mol. The number of carbonyl (C=O) groups excluding carboxylic acids is 1. The minimum Gasteiger partial charge on any atom is -0.331 e. The molecule has 1 aliphatic heterocycles. The van der Waals surface area contributed by atoms with Crippen LogP contribution < -0.4 is 0 Å². The number of nitrogens with zero attached hydrogens (tertiary/aromatic N) is 2. The fourth-order valence-corrected chi connectivity index (χ4v) is 4.48. The van der Waals surface area contributed by atoms with E-state index in [1.54, 1.807) is 0 Å². The van der Waals surface area contributed by atoms with Gasteiger partial charge in [0.25, 0.3) is 0 Å². The second kappa shape index (κ2) is 12.0. The summed E-state index contributed by atoms with van der Waals surface area (Å²) < 4.78 is 0.995. The lowest BCUT2D eigenvalue weighted by atomic mass is 9.88. The van der Waals surface area contributed by atoms with Crippen LogP contribution >= 0.6 is 15.9 Å². The van der Waals surface area contributed by atoms with E-state index in [1.165, 1.54) is 16.7 Å². The Bertz CT molecular complexity index is 899. The van der Waals surface area contributed by atoms with Crippen LogP contribution in [0.5, 0.6) is 0 Å². The van der Waals surface area contributed by atoms with Gasteiger partial charge in [0.05, 0.1) is 33.2 Å². The number of rotatable bonds is 6. The Balaban J connectivity index is 0.00000141. The first kappa shape index (κ1) is 24.2. The van der Waals surface area contributed by atoms with E-state index >= 15 is 0 Å². The van der Waals surface area contributed by atoms with Gasteiger partial charge in [0.1, 0.15) is 6.54 Å². The van der Waals surface area contributed by atoms with Gasteiger partial charge in [-0.05, 0) is 17.0 Å². The lowest BCUT2D eigenvalue weighted by Crippen LogP contribution is -2.57. The molecule has 0 radical (unpaired) electrons. The van der Waals surface area contributed by atoms with Crippen LogP contribution in [0.1, 0.15) is 29.0 Å². The molecule has 168 valence electrons. The van der Waals surface area contributed by atoms with Crippen molar-refractivity contribution < 1.29 is 9.28 Å². The average molecular weight is 494 g/mol. The molecule has 0 atom stereocenters. The molecule has 0 spiro atoms. The third kappa shape index (κ3) is 6.54. The van der Waals surface area contributed by atoms with Crippen LogP contribution in [-0.2, 0) is 11.3 Å². The summed E-state index contributed by atoms with van der Waals surface area (Å²) in [7, 11) is 2.31. The van der Waals surface area contributed by atoms with Crippen molar-refractivity contribution in [1.82, 2.24) is 4.90 Å². The van der Waals surface area contributed by atoms with Gasteiger partial charge in [-0.25, -0.2) is 0 Å². The van der Waals surface area contributed by atoms with Crippen LogP contribution in [0.15, 0.2) is 91.0 Å². The summed E-state index contributed by atoms with van der Waals surface area (Å²) in [6, 6.07) is 31.5. The lowest BCUT2D eigenvalue weighted by molar-refractivity contribution is -0.926. The van der Waals surface area contributed by atoms with Gasteiger partial charge in [0.15, 0.2) is 0 Å². The number of alkyl halides is 1. The zero-order valence-corrected chi connectivity index (χ0v) is 20.7. The standard InChI is InChI=1S/C27H31N2O.CH3Br/c1-29(22-23-11-5-2-6-12-23)19-17-28(18-20-29)27(30)21-26(24-13-7-3-8-14-24)25-15-9-4-10-16-25;1-2/h2-16,26H,17-22H2,1H3;1H3/q+1;. The minimum atomic E-state index is 0.104. The van der Waals surface area contributed by atoms with Gasteiger partial charge in [-0.2, -0.15) is 0 Å². The maximum atomic E-state index is 13.2. The molecule has 0 unspecified atom stereocenters. The molecule has 3 aromatic rings. The molecule has 0 saturated carbocycles. The van der Waals surface area contributed by atoms with Crippen LogP contribution in [0, 0.1) is 0 Å². The van der Waals surface area contributed by atoms with E-state index in [0.29, 0.717) is 6.42 Å². The van der Waals surface area contributed by atoms with Crippen LogP contribution in [0.2, 0.25) is 0 Å². The van der Waals surface area contributed by atoms with E-state index in [4.69, 9.17) is 0 Å². The number of quaternary nitrogens is 1. The number of benzene rings is 3. The molecule has 0 N–H and O–H groups in total. The maximum Gasteiger partial charge on any atom is 0.223 e. The van der Waals surface area contributed by atoms with Crippen molar-refractivity contribution in [3.63, 3.8) is 0 Å². The second-order valence-electron chi connectivity index (χ2n) is 8.67. The van der Waals surface area contributed by atoms with Crippen molar-refractivity contribution in [1.29, 1.82) is 0 Å². The van der Waals surface area contributed by atoms with Crippen molar-refractivity contribution in [2.24, 2.45) is 0 Å². The average Bonchev–Trinajstić information content (AvgIpc) is 2.85. The van der Waals surface area contributed by atoms with Crippen LogP contribution in [0.25, 0.3) is 0 Å². The predicted octanol–water partition coefficient (Wildman–Crippen LogP) is 5.71. The predicted molar refractivity (Wildman–Crippen MR) is 137 cm³/mol. The van der Waals surface area contributed by atoms with Crippen molar-refractivity contribution in [2.75, 3.05) is 39.1 Å². The number of piperazine rings is 1. The van der Waals surface area contributed by atoms with Crippen molar-refractivity contribution in [3.8, 4) is 0 Å². The lowest BCUT2D eigenvalue weighted by Gasteiger charge is -2.42. The second-order valence-corrected chi connectivity index (χ2v) is 8.67. The van der Waals surface area contributed by atoms with Crippen molar-refractivity contribution in [2.45, 2.75) is 18.9 Å². The van der Waals surface area contributed by atoms with Gasteiger partial charge in [-0.15, -0.1) is 0 Å². The number of hydrogen-bond donors (Lipinski definition) is 0. The Hall–Kier alpha value is -2.43. The van der Waals surface area contributed by atoms with E-state index in [9.17, 15) is 4.79 Å². The third-order valence-electron chi connectivity index (χ3n) is 6.36. The Morgan fingerprint density at radius 1 is 0.812 bits per heavy atom. The fraction of sp³-hybridized carbons (Fsp3) is 0.321. The maximum absolute atomic E-state index is 13.2. The molecule has 0 bridgehead atoms. The highest BCUT2D eigenvalue weighted by atomic mass is 79.9. The molecule has 1 fully saturated rings. The van der Waals surface area contributed by atoms with E-state index < -0.39 is 0 Å². The Morgan fingerprint density at radius 2 is 1.25 bits per heavy atom. The van der Waals surface area contributed by atoms with Gasteiger partial charge in [0.2, 0.25) is 5.91 Å². The molecular formula is C28H34BrN2O+. The largest absolute Gasteiger partial charge is 0.331 e. The van der Waals surface area contributed by atoms with E-state index in [-0.39, 0.29) is 11.8 Å². The fourth-order valence-electron chi connectivity index (χ4n) is 4.48. The number of amides is 1. The first-order valence-electron chi connectivity index (χ1n) is 11.3. The molecule has 1 heterocycles. The SMILES string of the molecule is CBr.C[N+]1(Cc2ccccc2)CCN(C(=O)CC(c2ccccc2)c2ccccc2)CC1. The topological polar surface area (TPSA) is 20.3 Å². The smallest absolute Gasteiger partial charge is 0.223 e. The van der Waals surface area contributed by atoms with E-state index in [1.807, 2.05) is 18.0 Å². The van der Waals surface area contributed by atoms with Crippen LogP contribution in [0.4, 0.5) is 0 Å². The van der Waals surface area contributed by atoms with Crippen molar-refractivity contribution >= 4 is 21.8 Å². The molecule has 1 aliphatic rings.